The number of piperidine rings is 1. The van der Waals surface area contributed by atoms with Gasteiger partial charge in [0.15, 0.2) is 0 Å². The molecule has 2 amide bonds. The second-order valence-electron chi connectivity index (χ2n) is 6.26. The molecule has 6 nitrogen and oxygen atoms in total. The van der Waals surface area contributed by atoms with Crippen molar-refractivity contribution >= 4 is 24.2 Å². The van der Waals surface area contributed by atoms with Crippen LogP contribution >= 0.6 is 12.4 Å². The topological polar surface area (TPSA) is 70.7 Å². The third-order valence-electron chi connectivity index (χ3n) is 4.69. The van der Waals surface area contributed by atoms with E-state index in [0.717, 1.165) is 38.8 Å². The molecule has 0 aromatic heterocycles. The fourth-order valence-corrected chi connectivity index (χ4v) is 3.23. The van der Waals surface area contributed by atoms with Crippen LogP contribution in [0.1, 0.15) is 25.7 Å². The predicted molar refractivity (Wildman–Crippen MR) is 87.0 cm³/mol. The Labute approximate surface area is 138 Å². The molecule has 1 unspecified atom stereocenters. The van der Waals surface area contributed by atoms with Crippen LogP contribution in [-0.2, 0) is 14.3 Å². The first-order chi connectivity index (χ1) is 10.1. The molecule has 1 atom stereocenters. The highest BCUT2D eigenvalue weighted by Crippen LogP contribution is 2.59. The molecule has 22 heavy (non-hydrogen) atoms. The van der Waals surface area contributed by atoms with Gasteiger partial charge >= 0.3 is 0 Å². The Balaban J connectivity index is 0.00000242. The average Bonchev–Trinajstić information content (AvgIpc) is 3.16. The Bertz CT molecular complexity index is 386. The van der Waals surface area contributed by atoms with Gasteiger partial charge in [-0.05, 0) is 44.2 Å². The summed E-state index contributed by atoms with van der Waals surface area (Å²) in [6, 6.07) is 0. The Hall–Kier alpha value is -0.850. The number of likely N-dealkylation sites (N-methyl/N-ethyl adjacent to an activating group) is 1. The van der Waals surface area contributed by atoms with Crippen molar-refractivity contribution in [3.63, 3.8) is 0 Å². The normalized spacial score (nSPS) is 21.8. The lowest BCUT2D eigenvalue weighted by atomic mass is 9.91. The van der Waals surface area contributed by atoms with Crippen molar-refractivity contribution in [2.24, 2.45) is 11.3 Å². The standard InChI is InChI=1S/C15H27N3O3.ClH/c1-18(11-13(19)17-6-3-9-21-2)14(20)12-10-15(12)4-7-16-8-5-15;/h12,16H,3-11H2,1-2H3,(H,17,19);1H. The molecule has 1 saturated heterocycles. The molecule has 2 N–H and O–H groups in total. The molecular weight excluding hydrogens is 306 g/mol. The average molecular weight is 334 g/mol. The van der Waals surface area contributed by atoms with E-state index in [4.69, 9.17) is 4.74 Å². The highest BCUT2D eigenvalue weighted by molar-refractivity contribution is 5.87. The number of nitrogens with one attached hydrogen (secondary N) is 2. The van der Waals surface area contributed by atoms with Crippen molar-refractivity contribution in [3.8, 4) is 0 Å². The number of hydrogen-bond acceptors (Lipinski definition) is 4. The summed E-state index contributed by atoms with van der Waals surface area (Å²) in [5.74, 6) is 0.164. The minimum atomic E-state index is -0.0954. The molecule has 2 aliphatic rings. The number of nitrogens with zero attached hydrogens (tertiary/aromatic N) is 1. The monoisotopic (exact) mass is 333 g/mol. The highest BCUT2D eigenvalue weighted by atomic mass is 35.5. The summed E-state index contributed by atoms with van der Waals surface area (Å²) in [5, 5.41) is 6.15. The quantitative estimate of drug-likeness (QED) is 0.662. The van der Waals surface area contributed by atoms with Crippen LogP contribution in [0.5, 0.6) is 0 Å². The lowest BCUT2D eigenvalue weighted by Crippen LogP contribution is -2.40. The Morgan fingerprint density at radius 1 is 1.36 bits per heavy atom. The minimum Gasteiger partial charge on any atom is -0.385 e. The number of hydrogen-bond donors (Lipinski definition) is 2. The van der Waals surface area contributed by atoms with Crippen molar-refractivity contribution in [3.05, 3.63) is 0 Å². The summed E-state index contributed by atoms with van der Waals surface area (Å²) in [7, 11) is 3.37. The van der Waals surface area contributed by atoms with Gasteiger partial charge in [0.05, 0.1) is 6.54 Å². The van der Waals surface area contributed by atoms with Gasteiger partial charge in [0.2, 0.25) is 11.8 Å². The van der Waals surface area contributed by atoms with Crippen molar-refractivity contribution in [2.75, 3.05) is 46.9 Å². The zero-order chi connectivity index (χ0) is 15.3. The van der Waals surface area contributed by atoms with Gasteiger partial charge in [-0.1, -0.05) is 0 Å². The largest absolute Gasteiger partial charge is 0.385 e. The maximum absolute atomic E-state index is 12.4. The fraction of sp³-hybridized carbons (Fsp3) is 0.867. The van der Waals surface area contributed by atoms with Crippen molar-refractivity contribution < 1.29 is 14.3 Å². The SMILES string of the molecule is COCCCNC(=O)CN(C)C(=O)C1CC12CCNCC2.Cl. The summed E-state index contributed by atoms with van der Waals surface area (Å²) in [5.41, 5.74) is 0.228. The van der Waals surface area contributed by atoms with Crippen LogP contribution in [0.2, 0.25) is 0 Å². The van der Waals surface area contributed by atoms with Crippen LogP contribution in [0.4, 0.5) is 0 Å². The van der Waals surface area contributed by atoms with Gasteiger partial charge in [-0.2, -0.15) is 0 Å². The van der Waals surface area contributed by atoms with E-state index in [2.05, 4.69) is 10.6 Å². The lowest BCUT2D eigenvalue weighted by molar-refractivity contribution is -0.136. The maximum Gasteiger partial charge on any atom is 0.239 e. The number of methoxy groups -OCH3 is 1. The van der Waals surface area contributed by atoms with Gasteiger partial charge in [0.1, 0.15) is 0 Å². The fourth-order valence-electron chi connectivity index (χ4n) is 3.23. The number of carbonyl (C=O) groups is 2. The van der Waals surface area contributed by atoms with Gasteiger partial charge in [0.25, 0.3) is 0 Å². The zero-order valence-electron chi connectivity index (χ0n) is 13.5. The molecule has 0 aromatic rings. The molecule has 1 aliphatic carbocycles. The molecule has 0 aromatic carbocycles. The zero-order valence-corrected chi connectivity index (χ0v) is 14.3. The van der Waals surface area contributed by atoms with E-state index < -0.39 is 0 Å². The van der Waals surface area contributed by atoms with Crippen molar-refractivity contribution in [2.45, 2.75) is 25.7 Å². The second kappa shape index (κ2) is 8.70. The van der Waals surface area contributed by atoms with E-state index in [1.807, 2.05) is 0 Å². The predicted octanol–water partition coefficient (Wildman–Crippen LogP) is 0.409. The Kier molecular flexibility index (Phi) is 7.59. The molecule has 0 radical (unpaired) electrons. The number of halogens is 1. The molecule has 7 heteroatoms. The van der Waals surface area contributed by atoms with Gasteiger partial charge in [-0.15, -0.1) is 12.4 Å². The third-order valence-corrected chi connectivity index (χ3v) is 4.69. The molecule has 1 heterocycles. The molecular formula is C15H28ClN3O3. The molecule has 128 valence electrons. The van der Waals surface area contributed by atoms with E-state index in [0.29, 0.717) is 13.2 Å². The van der Waals surface area contributed by atoms with Gasteiger partial charge < -0.3 is 20.3 Å². The first-order valence-corrected chi connectivity index (χ1v) is 7.80. The van der Waals surface area contributed by atoms with Crippen molar-refractivity contribution in [1.29, 1.82) is 0 Å². The van der Waals surface area contributed by atoms with E-state index in [1.165, 1.54) is 0 Å². The Morgan fingerprint density at radius 2 is 2.05 bits per heavy atom. The number of amides is 2. The molecule has 0 bridgehead atoms. The Morgan fingerprint density at radius 3 is 2.68 bits per heavy atom. The van der Waals surface area contributed by atoms with E-state index >= 15 is 0 Å². The van der Waals surface area contributed by atoms with Crippen LogP contribution in [0, 0.1) is 11.3 Å². The molecule has 1 saturated carbocycles. The second-order valence-corrected chi connectivity index (χ2v) is 6.26. The summed E-state index contributed by atoms with van der Waals surface area (Å²) >= 11 is 0. The van der Waals surface area contributed by atoms with E-state index in [9.17, 15) is 9.59 Å². The number of carbonyl (C=O) groups excluding carboxylic acids is 2. The van der Waals surface area contributed by atoms with Crippen LogP contribution in [0.25, 0.3) is 0 Å². The number of ether oxygens (including phenoxy) is 1. The first-order valence-electron chi connectivity index (χ1n) is 7.80. The summed E-state index contributed by atoms with van der Waals surface area (Å²) in [6.45, 7) is 3.39. The third kappa shape index (κ3) is 4.83. The molecule has 2 fully saturated rings. The van der Waals surface area contributed by atoms with Gasteiger partial charge in [0, 0.05) is 33.2 Å². The number of rotatable bonds is 7. The first kappa shape index (κ1) is 19.2. The molecule has 1 aliphatic heterocycles. The maximum atomic E-state index is 12.4. The van der Waals surface area contributed by atoms with Crippen LogP contribution < -0.4 is 10.6 Å². The summed E-state index contributed by atoms with van der Waals surface area (Å²) < 4.78 is 4.93. The van der Waals surface area contributed by atoms with Gasteiger partial charge in [-0.3, -0.25) is 9.59 Å². The smallest absolute Gasteiger partial charge is 0.239 e. The molecule has 1 spiro atoms. The van der Waals surface area contributed by atoms with E-state index in [-0.39, 0.29) is 42.1 Å². The summed E-state index contributed by atoms with van der Waals surface area (Å²) in [6.07, 6.45) is 3.95. The van der Waals surface area contributed by atoms with Crippen molar-refractivity contribution in [1.82, 2.24) is 15.5 Å². The highest BCUT2D eigenvalue weighted by Gasteiger charge is 2.58. The van der Waals surface area contributed by atoms with E-state index in [1.54, 1.807) is 19.1 Å². The molecule has 2 rings (SSSR count). The lowest BCUT2D eigenvalue weighted by Gasteiger charge is -2.25. The minimum absolute atomic E-state index is 0. The van der Waals surface area contributed by atoms with Gasteiger partial charge in [-0.25, -0.2) is 0 Å². The summed E-state index contributed by atoms with van der Waals surface area (Å²) in [4.78, 5) is 25.7. The van der Waals surface area contributed by atoms with Crippen LogP contribution in [0.15, 0.2) is 0 Å². The van der Waals surface area contributed by atoms with Crippen LogP contribution in [0.3, 0.4) is 0 Å². The van der Waals surface area contributed by atoms with Crippen LogP contribution in [-0.4, -0.2) is 63.7 Å².